The van der Waals surface area contributed by atoms with Crippen LogP contribution in [0, 0.1) is 6.42 Å². The molecule has 0 amide bonds. The number of halogens is 3. The van der Waals surface area contributed by atoms with E-state index < -0.39 is 18.2 Å². The van der Waals surface area contributed by atoms with Gasteiger partial charge in [-0.1, -0.05) is 23.8 Å². The predicted octanol–water partition coefficient (Wildman–Crippen LogP) is 5.37. The predicted molar refractivity (Wildman–Crippen MR) is 84.9 cm³/mol. The summed E-state index contributed by atoms with van der Waals surface area (Å²) in [4.78, 5) is 0. The van der Waals surface area contributed by atoms with E-state index in [9.17, 15) is 0 Å². The van der Waals surface area contributed by atoms with Crippen molar-refractivity contribution in [3.05, 3.63) is 30.2 Å². The number of rotatable bonds is 0. The molecule has 3 rings (SSSR count). The quantitative estimate of drug-likeness (QED) is 0.524. The Morgan fingerprint density at radius 3 is 1.35 bits per heavy atom. The number of allylic oxidation sites excluding steroid dienone is 4. The van der Waals surface area contributed by atoms with E-state index >= 15 is 0 Å². The molecule has 0 aromatic heterocycles. The molecular formula is C14H23Cl3O2Zr. The molecule has 0 unspecified atom stereocenters. The summed E-state index contributed by atoms with van der Waals surface area (Å²) in [5, 5.41) is 0. The zero-order valence-corrected chi connectivity index (χ0v) is 16.6. The normalized spacial score (nSPS) is 18.9. The molecule has 2 heterocycles. The maximum absolute atomic E-state index is 5.00. The molecule has 2 fully saturated rings. The molecule has 1 radical (unpaired) electrons. The molecule has 2 saturated heterocycles. The second kappa shape index (κ2) is 16.5. The standard InChI is InChI=1S/C6H7.2C4H8O.3ClH.Zr/c1-6-4-2-3-5-6;2*1-2-4-5-3-1;;;;/h2-5H,1H3;2*1-4H2;3*1H;/q;;;;;;+3/p-3. The Morgan fingerprint density at radius 1 is 0.850 bits per heavy atom. The fourth-order valence-electron chi connectivity index (χ4n) is 1.49. The van der Waals surface area contributed by atoms with Crippen LogP contribution in [0.5, 0.6) is 0 Å². The Kier molecular flexibility index (Phi) is 17.5. The van der Waals surface area contributed by atoms with E-state index in [1.54, 1.807) is 0 Å². The number of hydrogen-bond donors (Lipinski definition) is 0. The van der Waals surface area contributed by atoms with Crippen LogP contribution in [0.25, 0.3) is 0 Å². The summed E-state index contributed by atoms with van der Waals surface area (Å²) in [7, 11) is 15.0. The molecule has 2 aliphatic heterocycles. The fraction of sp³-hybridized carbons (Fsp3) is 0.643. The van der Waals surface area contributed by atoms with Crippen LogP contribution in [0.2, 0.25) is 0 Å². The Balaban J connectivity index is 0.000000244. The summed E-state index contributed by atoms with van der Waals surface area (Å²) < 4.78 is 9.89. The van der Waals surface area contributed by atoms with Crippen molar-refractivity contribution in [2.75, 3.05) is 26.4 Å². The van der Waals surface area contributed by atoms with Crippen LogP contribution in [-0.2, 0) is 27.6 Å². The summed E-state index contributed by atoms with van der Waals surface area (Å²) >= 11 is -2.13. The van der Waals surface area contributed by atoms with E-state index in [0.29, 0.717) is 0 Å². The van der Waals surface area contributed by atoms with Gasteiger partial charge >= 0.3 is 43.7 Å². The van der Waals surface area contributed by atoms with Crippen LogP contribution in [0.3, 0.4) is 0 Å². The van der Waals surface area contributed by atoms with Crippen LogP contribution in [0.15, 0.2) is 23.8 Å². The molecule has 0 N–H and O–H groups in total. The van der Waals surface area contributed by atoms with E-state index in [4.69, 9.17) is 35.0 Å². The van der Waals surface area contributed by atoms with Gasteiger partial charge in [0.2, 0.25) is 0 Å². The van der Waals surface area contributed by atoms with Gasteiger partial charge in [0.25, 0.3) is 0 Å². The molecule has 0 bridgehead atoms. The van der Waals surface area contributed by atoms with Crippen molar-refractivity contribution in [2.24, 2.45) is 0 Å². The SMILES string of the molecule is C1CCOC1.C1CCOC1.CC1=CC=C[CH]1.[Cl][Zr]([Cl])[Cl]. The van der Waals surface area contributed by atoms with Gasteiger partial charge in [0, 0.05) is 32.8 Å². The molecule has 0 spiro atoms. The number of hydrogen-bond acceptors (Lipinski definition) is 2. The van der Waals surface area contributed by atoms with Gasteiger partial charge in [-0.3, -0.25) is 0 Å². The fourth-order valence-corrected chi connectivity index (χ4v) is 1.49. The number of ether oxygens (including phenoxy) is 2. The van der Waals surface area contributed by atoms with Gasteiger partial charge in [0.15, 0.2) is 0 Å². The van der Waals surface area contributed by atoms with E-state index in [1.165, 1.54) is 31.3 Å². The summed E-state index contributed by atoms with van der Waals surface area (Å²) in [6, 6.07) is 0. The van der Waals surface area contributed by atoms with Crippen LogP contribution in [0.4, 0.5) is 0 Å². The average Bonchev–Trinajstić information content (AvgIpc) is 3.17. The Bertz CT molecular complexity index is 235. The van der Waals surface area contributed by atoms with Crippen LogP contribution < -0.4 is 0 Å². The average molecular weight is 421 g/mol. The van der Waals surface area contributed by atoms with Crippen molar-refractivity contribution >= 4 is 25.5 Å². The molecular weight excluding hydrogens is 398 g/mol. The van der Waals surface area contributed by atoms with Crippen LogP contribution in [0.1, 0.15) is 32.6 Å². The van der Waals surface area contributed by atoms with Crippen molar-refractivity contribution < 1.29 is 27.6 Å². The first kappa shape index (κ1) is 21.2. The van der Waals surface area contributed by atoms with Crippen LogP contribution >= 0.6 is 25.5 Å². The minimum absolute atomic E-state index is 1.00. The van der Waals surface area contributed by atoms with Crippen molar-refractivity contribution in [1.82, 2.24) is 0 Å². The monoisotopic (exact) mass is 418 g/mol. The Hall–Kier alpha value is 1.15. The van der Waals surface area contributed by atoms with Gasteiger partial charge in [-0.2, -0.15) is 0 Å². The van der Waals surface area contributed by atoms with Gasteiger partial charge in [-0.15, -0.1) is 0 Å². The van der Waals surface area contributed by atoms with Gasteiger partial charge in [0.1, 0.15) is 0 Å². The minimum atomic E-state index is -2.13. The Morgan fingerprint density at radius 2 is 1.25 bits per heavy atom. The first-order chi connectivity index (χ1) is 9.63. The third-order valence-corrected chi connectivity index (χ3v) is 2.48. The van der Waals surface area contributed by atoms with Gasteiger partial charge < -0.3 is 9.47 Å². The first-order valence-corrected chi connectivity index (χ1v) is 16.3. The molecule has 0 saturated carbocycles. The van der Waals surface area contributed by atoms with Crippen molar-refractivity contribution in [3.8, 4) is 0 Å². The molecule has 2 nitrogen and oxygen atoms in total. The molecule has 3 aliphatic rings. The molecule has 0 aromatic carbocycles. The topological polar surface area (TPSA) is 18.5 Å². The summed E-state index contributed by atoms with van der Waals surface area (Å²) in [5.41, 5.74) is 1.34. The van der Waals surface area contributed by atoms with E-state index in [-0.39, 0.29) is 0 Å². The third kappa shape index (κ3) is 19.2. The maximum atomic E-state index is 5.00. The molecule has 1 aliphatic carbocycles. The zero-order valence-electron chi connectivity index (χ0n) is 11.9. The van der Waals surface area contributed by atoms with E-state index in [1.807, 2.05) is 12.2 Å². The summed E-state index contributed by atoms with van der Waals surface area (Å²) in [5.74, 6) is 0. The second-order valence-electron chi connectivity index (χ2n) is 4.32. The summed E-state index contributed by atoms with van der Waals surface area (Å²) in [6.45, 7) is 6.08. The van der Waals surface area contributed by atoms with Crippen LogP contribution in [-0.4, -0.2) is 26.4 Å². The molecule has 0 aromatic rings. The third-order valence-electron chi connectivity index (χ3n) is 2.48. The Labute approximate surface area is 141 Å². The summed E-state index contributed by atoms with van der Waals surface area (Å²) in [6.07, 6.45) is 13.4. The van der Waals surface area contributed by atoms with Crippen molar-refractivity contribution in [1.29, 1.82) is 0 Å². The van der Waals surface area contributed by atoms with Gasteiger partial charge in [0.05, 0.1) is 0 Å². The zero-order chi connectivity index (χ0) is 15.1. The van der Waals surface area contributed by atoms with Gasteiger partial charge in [-0.25, -0.2) is 0 Å². The molecule has 116 valence electrons. The van der Waals surface area contributed by atoms with E-state index in [0.717, 1.165) is 26.4 Å². The van der Waals surface area contributed by atoms with E-state index in [2.05, 4.69) is 19.4 Å². The van der Waals surface area contributed by atoms with Crippen molar-refractivity contribution in [3.63, 3.8) is 0 Å². The molecule has 6 heteroatoms. The molecule has 0 atom stereocenters. The van der Waals surface area contributed by atoms with Crippen molar-refractivity contribution in [2.45, 2.75) is 32.6 Å². The second-order valence-corrected chi connectivity index (χ2v) is 15.5. The van der Waals surface area contributed by atoms with Gasteiger partial charge in [-0.05, 0) is 32.6 Å². The molecule has 20 heavy (non-hydrogen) atoms. The first-order valence-electron chi connectivity index (χ1n) is 6.80.